The molecule has 2 aliphatic carbocycles. The van der Waals surface area contributed by atoms with Gasteiger partial charge in [-0.25, -0.2) is 9.97 Å². The topological polar surface area (TPSA) is 37.8 Å². The third kappa shape index (κ3) is 1.68. The summed E-state index contributed by atoms with van der Waals surface area (Å²) in [5, 5.41) is 3.63. The normalized spacial score (nSPS) is 22.1. The van der Waals surface area contributed by atoms with Crippen LogP contribution in [0.25, 0.3) is 0 Å². The molecule has 0 amide bonds. The van der Waals surface area contributed by atoms with Gasteiger partial charge >= 0.3 is 0 Å². The number of anilines is 1. The molecule has 0 radical (unpaired) electrons. The summed E-state index contributed by atoms with van der Waals surface area (Å²) >= 11 is 0. The molecule has 0 spiro atoms. The summed E-state index contributed by atoms with van der Waals surface area (Å²) in [5.41, 5.74) is 2.94. The molecule has 0 unspecified atom stereocenters. The predicted molar refractivity (Wildman–Crippen MR) is 64.6 cm³/mol. The van der Waals surface area contributed by atoms with Crippen molar-refractivity contribution in [1.82, 2.24) is 9.97 Å². The smallest absolute Gasteiger partial charge is 0.133 e. The number of nitrogens with one attached hydrogen (secondary N) is 1. The van der Waals surface area contributed by atoms with Crippen LogP contribution in [0.2, 0.25) is 0 Å². The van der Waals surface area contributed by atoms with Crippen LogP contribution < -0.4 is 5.32 Å². The van der Waals surface area contributed by atoms with Gasteiger partial charge in [0.25, 0.3) is 0 Å². The summed E-state index contributed by atoms with van der Waals surface area (Å²) in [6.45, 7) is 2.30. The van der Waals surface area contributed by atoms with Crippen molar-refractivity contribution in [2.75, 3.05) is 5.32 Å². The largest absolute Gasteiger partial charge is 0.365 e. The highest BCUT2D eigenvalue weighted by molar-refractivity contribution is 5.49. The molecular weight excluding hydrogens is 198 g/mol. The average Bonchev–Trinajstić information content (AvgIpc) is 2.27. The van der Waals surface area contributed by atoms with Crippen LogP contribution in [0, 0.1) is 0 Å². The molecule has 3 nitrogen and oxygen atoms in total. The first-order chi connectivity index (χ1) is 7.77. The highest BCUT2D eigenvalue weighted by Gasteiger charge is 2.32. The lowest BCUT2D eigenvalue weighted by Crippen LogP contribution is -2.42. The zero-order valence-corrected chi connectivity index (χ0v) is 9.92. The molecule has 1 aromatic heterocycles. The van der Waals surface area contributed by atoms with E-state index in [-0.39, 0.29) is 0 Å². The van der Waals surface area contributed by atoms with Crippen molar-refractivity contribution in [2.45, 2.75) is 57.4 Å². The van der Waals surface area contributed by atoms with Gasteiger partial charge in [-0.2, -0.15) is 0 Å². The first-order valence-corrected chi connectivity index (χ1v) is 6.38. The number of aryl methyl sites for hydroxylation is 1. The van der Waals surface area contributed by atoms with Crippen molar-refractivity contribution in [2.24, 2.45) is 0 Å². The number of fused-ring (bicyclic) bond motifs is 1. The highest BCUT2D eigenvalue weighted by atomic mass is 15.1. The molecular formula is C13H19N3. The van der Waals surface area contributed by atoms with Crippen LogP contribution in [0.1, 0.15) is 50.3 Å². The lowest BCUT2D eigenvalue weighted by atomic mass is 9.78. The maximum Gasteiger partial charge on any atom is 0.133 e. The maximum atomic E-state index is 4.44. The van der Waals surface area contributed by atoms with Gasteiger partial charge in [-0.15, -0.1) is 0 Å². The number of nitrogens with zero attached hydrogens (tertiary/aromatic N) is 2. The number of hydrogen-bond donors (Lipinski definition) is 1. The molecule has 0 aliphatic heterocycles. The Morgan fingerprint density at radius 2 is 1.94 bits per heavy atom. The van der Waals surface area contributed by atoms with Gasteiger partial charge in [0.1, 0.15) is 12.1 Å². The standard InChI is InChI=1S/C13H19N3/c1-13(7-4-8-13)16-12-10-5-2-3-6-11(10)14-9-15-12/h9H,2-8H2,1H3,(H,14,15,16). The van der Waals surface area contributed by atoms with E-state index in [1.807, 2.05) is 0 Å². The number of aromatic nitrogens is 2. The van der Waals surface area contributed by atoms with Gasteiger partial charge in [-0.3, -0.25) is 0 Å². The Morgan fingerprint density at radius 3 is 2.69 bits per heavy atom. The van der Waals surface area contributed by atoms with Crippen molar-refractivity contribution in [3.05, 3.63) is 17.6 Å². The van der Waals surface area contributed by atoms with Crippen LogP contribution in [0.4, 0.5) is 5.82 Å². The van der Waals surface area contributed by atoms with Gasteiger partial charge < -0.3 is 5.32 Å². The summed E-state index contributed by atoms with van der Waals surface area (Å²) in [4.78, 5) is 8.84. The molecule has 16 heavy (non-hydrogen) atoms. The van der Waals surface area contributed by atoms with Gasteiger partial charge in [-0.05, 0) is 51.9 Å². The van der Waals surface area contributed by atoms with E-state index in [1.165, 1.54) is 43.4 Å². The van der Waals surface area contributed by atoms with E-state index in [2.05, 4.69) is 22.2 Å². The fraction of sp³-hybridized carbons (Fsp3) is 0.692. The summed E-state index contributed by atoms with van der Waals surface area (Å²) in [5.74, 6) is 1.10. The zero-order chi connectivity index (χ0) is 11.0. The Morgan fingerprint density at radius 1 is 1.12 bits per heavy atom. The van der Waals surface area contributed by atoms with Crippen LogP contribution in [0.5, 0.6) is 0 Å². The van der Waals surface area contributed by atoms with Crippen LogP contribution in [-0.4, -0.2) is 15.5 Å². The van der Waals surface area contributed by atoms with Crippen LogP contribution in [-0.2, 0) is 12.8 Å². The minimum atomic E-state index is 0.291. The molecule has 1 aromatic rings. The molecule has 2 aliphatic rings. The van der Waals surface area contributed by atoms with Gasteiger partial charge in [0.05, 0.1) is 0 Å². The fourth-order valence-corrected chi connectivity index (χ4v) is 2.75. The van der Waals surface area contributed by atoms with Crippen molar-refractivity contribution in [1.29, 1.82) is 0 Å². The molecule has 1 fully saturated rings. The Bertz CT molecular complexity index is 396. The maximum absolute atomic E-state index is 4.44. The quantitative estimate of drug-likeness (QED) is 0.827. The SMILES string of the molecule is CC1(Nc2ncnc3c2CCCC3)CCC1. The van der Waals surface area contributed by atoms with Crippen LogP contribution in [0.3, 0.4) is 0 Å². The summed E-state index contributed by atoms with van der Waals surface area (Å²) < 4.78 is 0. The van der Waals surface area contributed by atoms with Gasteiger partial charge in [0.2, 0.25) is 0 Å². The highest BCUT2D eigenvalue weighted by Crippen LogP contribution is 2.36. The molecule has 86 valence electrons. The van der Waals surface area contributed by atoms with E-state index in [4.69, 9.17) is 0 Å². The third-order valence-corrected chi connectivity index (χ3v) is 4.00. The lowest BCUT2D eigenvalue weighted by Gasteiger charge is -2.40. The minimum absolute atomic E-state index is 0.291. The second-order valence-electron chi connectivity index (χ2n) is 5.39. The second kappa shape index (κ2) is 3.72. The molecule has 0 atom stereocenters. The summed E-state index contributed by atoms with van der Waals surface area (Å²) in [6, 6.07) is 0. The Labute approximate surface area is 96.7 Å². The lowest BCUT2D eigenvalue weighted by molar-refractivity contribution is 0.305. The fourth-order valence-electron chi connectivity index (χ4n) is 2.75. The molecule has 0 saturated heterocycles. The molecule has 3 rings (SSSR count). The van der Waals surface area contributed by atoms with Gasteiger partial charge in [-0.1, -0.05) is 0 Å². The molecule has 1 saturated carbocycles. The zero-order valence-electron chi connectivity index (χ0n) is 9.92. The minimum Gasteiger partial charge on any atom is -0.365 e. The van der Waals surface area contributed by atoms with E-state index in [0.717, 1.165) is 18.7 Å². The van der Waals surface area contributed by atoms with E-state index in [1.54, 1.807) is 6.33 Å². The van der Waals surface area contributed by atoms with Gasteiger partial charge in [0.15, 0.2) is 0 Å². The van der Waals surface area contributed by atoms with Crippen molar-refractivity contribution < 1.29 is 0 Å². The Hall–Kier alpha value is -1.12. The summed E-state index contributed by atoms with van der Waals surface area (Å²) in [6.07, 6.45) is 10.4. The van der Waals surface area contributed by atoms with Crippen LogP contribution in [0.15, 0.2) is 6.33 Å². The predicted octanol–water partition coefficient (Wildman–Crippen LogP) is 2.71. The number of rotatable bonds is 2. The summed E-state index contributed by atoms with van der Waals surface area (Å²) in [7, 11) is 0. The van der Waals surface area contributed by atoms with E-state index < -0.39 is 0 Å². The molecule has 1 heterocycles. The first kappa shape index (κ1) is 10.1. The average molecular weight is 217 g/mol. The molecule has 1 N–H and O–H groups in total. The van der Waals surface area contributed by atoms with Crippen molar-refractivity contribution in [3.63, 3.8) is 0 Å². The van der Waals surface area contributed by atoms with Gasteiger partial charge in [0, 0.05) is 16.8 Å². The molecule has 0 aromatic carbocycles. The molecule has 3 heteroatoms. The number of hydrogen-bond acceptors (Lipinski definition) is 3. The second-order valence-corrected chi connectivity index (χ2v) is 5.39. The van der Waals surface area contributed by atoms with Crippen molar-refractivity contribution >= 4 is 5.82 Å². The Balaban J connectivity index is 1.88. The molecule has 0 bridgehead atoms. The first-order valence-electron chi connectivity index (χ1n) is 6.38. The Kier molecular flexibility index (Phi) is 2.34. The van der Waals surface area contributed by atoms with E-state index >= 15 is 0 Å². The van der Waals surface area contributed by atoms with E-state index in [9.17, 15) is 0 Å². The van der Waals surface area contributed by atoms with Crippen molar-refractivity contribution in [3.8, 4) is 0 Å². The van der Waals surface area contributed by atoms with E-state index in [0.29, 0.717) is 5.54 Å². The third-order valence-electron chi connectivity index (χ3n) is 4.00. The monoisotopic (exact) mass is 217 g/mol. The van der Waals surface area contributed by atoms with Crippen LogP contribution >= 0.6 is 0 Å².